The van der Waals surface area contributed by atoms with Crippen LogP contribution in [0.2, 0.25) is 0 Å². The largest absolute Gasteiger partial charge is 0.497 e. The molecule has 0 heterocycles. The van der Waals surface area contributed by atoms with E-state index in [0.717, 1.165) is 17.7 Å². The first-order valence-corrected chi connectivity index (χ1v) is 4.38. The molecule has 0 aromatic heterocycles. The smallest absolute Gasteiger partial charge is 0.312 e. The van der Waals surface area contributed by atoms with Crippen molar-refractivity contribution in [2.75, 3.05) is 13.7 Å². The molecule has 76 valence electrons. The third-order valence-corrected chi connectivity index (χ3v) is 1.85. The van der Waals surface area contributed by atoms with E-state index in [9.17, 15) is 4.79 Å². The normalized spacial score (nSPS) is 9.50. The third-order valence-electron chi connectivity index (χ3n) is 1.85. The second-order valence-corrected chi connectivity index (χ2v) is 2.89. The Morgan fingerprint density at radius 1 is 1.57 bits per heavy atom. The summed E-state index contributed by atoms with van der Waals surface area (Å²) >= 11 is 0. The van der Waals surface area contributed by atoms with E-state index >= 15 is 0 Å². The van der Waals surface area contributed by atoms with Crippen molar-refractivity contribution in [2.24, 2.45) is 5.73 Å². The molecule has 1 aromatic carbocycles. The van der Waals surface area contributed by atoms with Crippen molar-refractivity contribution in [1.29, 1.82) is 0 Å². The maximum atomic E-state index is 10.4. The molecule has 3 N–H and O–H groups in total. The lowest BCUT2D eigenvalue weighted by atomic mass is 10.1. The summed E-state index contributed by atoms with van der Waals surface area (Å²) in [6.45, 7) is 0.544. The van der Waals surface area contributed by atoms with Crippen molar-refractivity contribution >= 4 is 6.03 Å². The van der Waals surface area contributed by atoms with Gasteiger partial charge in [-0.1, -0.05) is 12.1 Å². The minimum absolute atomic E-state index is 0.493. The average Bonchev–Trinajstić information content (AvgIpc) is 2.18. The quantitative estimate of drug-likeness (QED) is 0.748. The highest BCUT2D eigenvalue weighted by Crippen LogP contribution is 2.12. The molecule has 0 aliphatic carbocycles. The van der Waals surface area contributed by atoms with Crippen LogP contribution in [0.5, 0.6) is 5.75 Å². The molecule has 0 unspecified atom stereocenters. The zero-order valence-corrected chi connectivity index (χ0v) is 8.12. The maximum absolute atomic E-state index is 10.4. The van der Waals surface area contributed by atoms with Crippen LogP contribution >= 0.6 is 0 Å². The van der Waals surface area contributed by atoms with Crippen molar-refractivity contribution in [3.05, 3.63) is 29.8 Å². The van der Waals surface area contributed by atoms with Gasteiger partial charge < -0.3 is 15.8 Å². The summed E-state index contributed by atoms with van der Waals surface area (Å²) in [6, 6.07) is 7.21. The monoisotopic (exact) mass is 194 g/mol. The van der Waals surface area contributed by atoms with E-state index in [4.69, 9.17) is 10.5 Å². The number of methoxy groups -OCH3 is 1. The van der Waals surface area contributed by atoms with Crippen LogP contribution in [-0.2, 0) is 6.42 Å². The molecule has 0 bridgehead atoms. The molecule has 0 spiro atoms. The number of hydrogen-bond donors (Lipinski definition) is 2. The number of nitrogens with two attached hydrogens (primary N) is 1. The highest BCUT2D eigenvalue weighted by molar-refractivity contribution is 5.71. The number of carbonyl (C=O) groups excluding carboxylic acids is 1. The number of carbonyl (C=O) groups is 1. The molecule has 1 rings (SSSR count). The van der Waals surface area contributed by atoms with Gasteiger partial charge in [0.2, 0.25) is 0 Å². The zero-order chi connectivity index (χ0) is 10.4. The zero-order valence-electron chi connectivity index (χ0n) is 8.12. The SMILES string of the molecule is COc1cccc(CCNC(N)=O)c1. The first kappa shape index (κ1) is 10.4. The van der Waals surface area contributed by atoms with Gasteiger partial charge in [-0.15, -0.1) is 0 Å². The van der Waals surface area contributed by atoms with Crippen molar-refractivity contribution in [3.8, 4) is 5.75 Å². The Bertz CT molecular complexity index is 313. The number of amides is 2. The Hall–Kier alpha value is -1.71. The van der Waals surface area contributed by atoms with E-state index < -0.39 is 6.03 Å². The van der Waals surface area contributed by atoms with Crippen molar-refractivity contribution in [1.82, 2.24) is 5.32 Å². The summed E-state index contributed by atoms with van der Waals surface area (Å²) in [5.74, 6) is 0.821. The highest BCUT2D eigenvalue weighted by Gasteiger charge is 1.96. The Balaban J connectivity index is 2.46. The number of benzene rings is 1. The standard InChI is InChI=1S/C10H14N2O2/c1-14-9-4-2-3-8(7-9)5-6-12-10(11)13/h2-4,7H,5-6H2,1H3,(H3,11,12,13). The van der Waals surface area contributed by atoms with E-state index in [1.54, 1.807) is 7.11 Å². The Kier molecular flexibility index (Phi) is 3.79. The summed E-state index contributed by atoms with van der Waals surface area (Å²) in [6.07, 6.45) is 0.750. The van der Waals surface area contributed by atoms with Crippen molar-refractivity contribution in [3.63, 3.8) is 0 Å². The minimum Gasteiger partial charge on any atom is -0.497 e. The van der Waals surface area contributed by atoms with E-state index in [1.807, 2.05) is 24.3 Å². The number of hydrogen-bond acceptors (Lipinski definition) is 2. The lowest BCUT2D eigenvalue weighted by molar-refractivity contribution is 0.249. The van der Waals surface area contributed by atoms with Crippen LogP contribution in [0.1, 0.15) is 5.56 Å². The van der Waals surface area contributed by atoms with Gasteiger partial charge >= 0.3 is 6.03 Å². The van der Waals surface area contributed by atoms with Gasteiger partial charge in [0.1, 0.15) is 5.75 Å². The first-order valence-electron chi connectivity index (χ1n) is 4.38. The minimum atomic E-state index is -0.493. The van der Waals surface area contributed by atoms with Gasteiger partial charge in [0.25, 0.3) is 0 Å². The molecular weight excluding hydrogens is 180 g/mol. The van der Waals surface area contributed by atoms with Gasteiger partial charge in [0, 0.05) is 6.54 Å². The summed E-state index contributed by atoms with van der Waals surface area (Å²) < 4.78 is 5.07. The summed E-state index contributed by atoms with van der Waals surface area (Å²) in [5.41, 5.74) is 6.05. The molecule has 1 aromatic rings. The molecule has 0 fully saturated rings. The van der Waals surface area contributed by atoms with Gasteiger partial charge in [0.05, 0.1) is 7.11 Å². The Morgan fingerprint density at radius 2 is 2.36 bits per heavy atom. The summed E-state index contributed by atoms with van der Waals surface area (Å²) in [4.78, 5) is 10.4. The molecule has 14 heavy (non-hydrogen) atoms. The fourth-order valence-corrected chi connectivity index (χ4v) is 1.16. The molecular formula is C10H14N2O2. The number of ether oxygens (including phenoxy) is 1. The second kappa shape index (κ2) is 5.11. The van der Waals surface area contributed by atoms with Crippen LogP contribution in [-0.4, -0.2) is 19.7 Å². The lowest BCUT2D eigenvalue weighted by Gasteiger charge is -2.04. The number of rotatable bonds is 4. The van der Waals surface area contributed by atoms with Crippen LogP contribution in [0, 0.1) is 0 Å². The van der Waals surface area contributed by atoms with Gasteiger partial charge in [-0.3, -0.25) is 0 Å². The Labute approximate surface area is 83.1 Å². The van der Waals surface area contributed by atoms with Crippen LogP contribution in [0.25, 0.3) is 0 Å². The Morgan fingerprint density at radius 3 is 3.00 bits per heavy atom. The number of nitrogens with one attached hydrogen (secondary N) is 1. The van der Waals surface area contributed by atoms with Gasteiger partial charge in [-0.25, -0.2) is 4.79 Å². The van der Waals surface area contributed by atoms with E-state index in [1.165, 1.54) is 0 Å². The first-order chi connectivity index (χ1) is 6.72. The summed E-state index contributed by atoms with van der Waals surface area (Å²) in [5, 5.41) is 2.53. The van der Waals surface area contributed by atoms with Crippen molar-refractivity contribution < 1.29 is 9.53 Å². The second-order valence-electron chi connectivity index (χ2n) is 2.89. The van der Waals surface area contributed by atoms with Crippen LogP contribution in [0.4, 0.5) is 4.79 Å². The number of primary amides is 1. The van der Waals surface area contributed by atoms with Crippen LogP contribution in [0.15, 0.2) is 24.3 Å². The fourth-order valence-electron chi connectivity index (χ4n) is 1.16. The van der Waals surface area contributed by atoms with E-state index in [2.05, 4.69) is 5.32 Å². The van der Waals surface area contributed by atoms with Crippen LogP contribution < -0.4 is 15.8 Å². The van der Waals surface area contributed by atoms with Crippen molar-refractivity contribution in [2.45, 2.75) is 6.42 Å². The van der Waals surface area contributed by atoms with E-state index in [-0.39, 0.29) is 0 Å². The molecule has 4 heteroatoms. The molecule has 4 nitrogen and oxygen atoms in total. The average molecular weight is 194 g/mol. The molecule has 2 amide bonds. The summed E-state index contributed by atoms with van der Waals surface area (Å²) in [7, 11) is 1.63. The molecule has 0 atom stereocenters. The third kappa shape index (κ3) is 3.35. The van der Waals surface area contributed by atoms with Gasteiger partial charge in [-0.05, 0) is 24.1 Å². The maximum Gasteiger partial charge on any atom is 0.312 e. The number of urea groups is 1. The van der Waals surface area contributed by atoms with Gasteiger partial charge in [0.15, 0.2) is 0 Å². The molecule has 0 saturated carbocycles. The lowest BCUT2D eigenvalue weighted by Crippen LogP contribution is -2.30. The van der Waals surface area contributed by atoms with Crippen LogP contribution in [0.3, 0.4) is 0 Å². The topological polar surface area (TPSA) is 64.3 Å². The highest BCUT2D eigenvalue weighted by atomic mass is 16.5. The van der Waals surface area contributed by atoms with Gasteiger partial charge in [-0.2, -0.15) is 0 Å². The molecule has 0 aliphatic heterocycles. The fraction of sp³-hybridized carbons (Fsp3) is 0.300. The molecule has 0 radical (unpaired) electrons. The predicted molar refractivity (Wildman–Crippen MR) is 54.3 cm³/mol. The molecule has 0 aliphatic rings. The van der Waals surface area contributed by atoms with E-state index in [0.29, 0.717) is 6.54 Å². The molecule has 0 saturated heterocycles. The predicted octanol–water partition coefficient (Wildman–Crippen LogP) is 0.906.